The highest BCUT2D eigenvalue weighted by atomic mass is 16.6. The van der Waals surface area contributed by atoms with Crippen LogP contribution in [0.2, 0.25) is 0 Å². The van der Waals surface area contributed by atoms with Gasteiger partial charge < -0.3 is 19.7 Å². The number of aromatic hydroxyl groups is 1. The zero-order valence-corrected chi connectivity index (χ0v) is 13.0. The van der Waals surface area contributed by atoms with E-state index in [4.69, 9.17) is 9.47 Å². The van der Waals surface area contributed by atoms with Gasteiger partial charge in [-0.25, -0.2) is 0 Å². The topological polar surface area (TPSA) is 76.0 Å². The number of hydrogen-bond acceptors (Lipinski definition) is 5. The number of carbonyl (C=O) groups is 1. The summed E-state index contributed by atoms with van der Waals surface area (Å²) in [5.41, 5.74) is 0.254. The summed E-state index contributed by atoms with van der Waals surface area (Å²) in [6.45, 7) is 5.34. The molecule has 5 nitrogen and oxygen atoms in total. The van der Waals surface area contributed by atoms with E-state index in [1.54, 1.807) is 18.2 Å². The molecule has 0 fully saturated rings. The highest BCUT2D eigenvalue weighted by Gasteiger charge is 2.19. The van der Waals surface area contributed by atoms with Crippen LogP contribution in [-0.4, -0.2) is 35.5 Å². The minimum Gasteiger partial charge on any atom is -0.504 e. The van der Waals surface area contributed by atoms with E-state index in [1.165, 1.54) is 7.11 Å². The zero-order valence-electron chi connectivity index (χ0n) is 13.0. The average molecular weight is 296 g/mol. The monoisotopic (exact) mass is 296 g/mol. The number of aliphatic hydroxyl groups is 1. The van der Waals surface area contributed by atoms with Crippen molar-refractivity contribution in [2.24, 2.45) is 0 Å². The maximum Gasteiger partial charge on any atom is 0.306 e. The molecule has 118 valence electrons. The number of esters is 1. The molecule has 0 aromatic heterocycles. The van der Waals surface area contributed by atoms with Crippen molar-refractivity contribution in [2.45, 2.75) is 45.1 Å². The second-order valence-corrected chi connectivity index (χ2v) is 5.94. The molecule has 0 aliphatic heterocycles. The molecule has 0 heterocycles. The first kappa shape index (κ1) is 17.3. The van der Waals surface area contributed by atoms with Gasteiger partial charge in [0.25, 0.3) is 0 Å². The molecule has 0 spiro atoms. The van der Waals surface area contributed by atoms with Crippen LogP contribution in [-0.2, 0) is 9.53 Å². The normalized spacial score (nSPS) is 12.8. The van der Waals surface area contributed by atoms with Gasteiger partial charge in [-0.3, -0.25) is 4.79 Å². The first-order valence-corrected chi connectivity index (χ1v) is 6.96. The fourth-order valence-electron chi connectivity index (χ4n) is 2.01. The van der Waals surface area contributed by atoms with Crippen molar-refractivity contribution < 1.29 is 24.5 Å². The predicted molar refractivity (Wildman–Crippen MR) is 79.6 cm³/mol. The van der Waals surface area contributed by atoms with Crippen molar-refractivity contribution in [2.75, 3.05) is 13.7 Å². The van der Waals surface area contributed by atoms with E-state index in [9.17, 15) is 15.0 Å². The lowest BCUT2D eigenvalue weighted by atomic mass is 9.94. The van der Waals surface area contributed by atoms with E-state index in [1.807, 2.05) is 20.8 Å². The molecule has 0 saturated carbocycles. The first-order chi connectivity index (χ1) is 9.76. The summed E-state index contributed by atoms with van der Waals surface area (Å²) in [6, 6.07) is 4.96. The van der Waals surface area contributed by atoms with Crippen molar-refractivity contribution in [1.82, 2.24) is 0 Å². The number of methoxy groups -OCH3 is 1. The highest BCUT2D eigenvalue weighted by molar-refractivity contribution is 5.69. The maximum absolute atomic E-state index is 11.7. The lowest BCUT2D eigenvalue weighted by molar-refractivity contribution is -0.155. The summed E-state index contributed by atoms with van der Waals surface area (Å²) >= 11 is 0. The molecule has 21 heavy (non-hydrogen) atoms. The molecular weight excluding hydrogens is 272 g/mol. The summed E-state index contributed by atoms with van der Waals surface area (Å²) in [5, 5.41) is 19.2. The minimum absolute atomic E-state index is 0.0192. The Morgan fingerprint density at radius 1 is 1.33 bits per heavy atom. The third-order valence-corrected chi connectivity index (χ3v) is 3.01. The molecule has 0 bridgehead atoms. The molecule has 0 aliphatic carbocycles. The summed E-state index contributed by atoms with van der Waals surface area (Å²) in [7, 11) is 1.47. The standard InChI is InChI=1S/C16H24O5/c1-16(2,3)21-15(19)8-6-12(10-17)11-5-7-14(20-4)13(18)9-11/h5,7,9,12,17-18H,6,8,10H2,1-4H3/t12-/m1/s1. The lowest BCUT2D eigenvalue weighted by Gasteiger charge is -2.21. The molecular formula is C16H24O5. The largest absolute Gasteiger partial charge is 0.504 e. The van der Waals surface area contributed by atoms with Gasteiger partial charge in [0.15, 0.2) is 11.5 Å². The van der Waals surface area contributed by atoms with Crippen LogP contribution in [0.3, 0.4) is 0 Å². The molecule has 0 amide bonds. The fourth-order valence-corrected chi connectivity index (χ4v) is 2.01. The van der Waals surface area contributed by atoms with E-state index in [0.717, 1.165) is 5.56 Å². The Kier molecular flexibility index (Phi) is 6.03. The third kappa shape index (κ3) is 5.63. The van der Waals surface area contributed by atoms with E-state index in [0.29, 0.717) is 12.2 Å². The molecule has 1 aromatic carbocycles. The quantitative estimate of drug-likeness (QED) is 0.789. The Balaban J connectivity index is 2.67. The van der Waals surface area contributed by atoms with Crippen LogP contribution in [0.1, 0.15) is 45.1 Å². The summed E-state index contributed by atoms with van der Waals surface area (Å²) in [4.78, 5) is 11.7. The predicted octanol–water partition coefficient (Wildman–Crippen LogP) is 2.60. The van der Waals surface area contributed by atoms with Crippen molar-refractivity contribution in [3.05, 3.63) is 23.8 Å². The van der Waals surface area contributed by atoms with Gasteiger partial charge in [0.05, 0.1) is 7.11 Å². The molecule has 1 aromatic rings. The summed E-state index contributed by atoms with van der Waals surface area (Å²) in [6.07, 6.45) is 0.673. The molecule has 1 rings (SSSR count). The van der Waals surface area contributed by atoms with Crippen molar-refractivity contribution in [3.63, 3.8) is 0 Å². The Hall–Kier alpha value is -1.75. The number of ether oxygens (including phenoxy) is 2. The van der Waals surface area contributed by atoms with Crippen LogP contribution < -0.4 is 4.74 Å². The fraction of sp³-hybridized carbons (Fsp3) is 0.562. The van der Waals surface area contributed by atoms with E-state index in [2.05, 4.69) is 0 Å². The van der Waals surface area contributed by atoms with E-state index in [-0.39, 0.29) is 30.7 Å². The maximum atomic E-state index is 11.7. The van der Waals surface area contributed by atoms with Crippen molar-refractivity contribution in [1.29, 1.82) is 0 Å². The van der Waals surface area contributed by atoms with Crippen molar-refractivity contribution >= 4 is 5.97 Å². The number of benzene rings is 1. The van der Waals surface area contributed by atoms with Gasteiger partial charge in [-0.05, 0) is 44.9 Å². The Bertz CT molecular complexity index is 476. The Morgan fingerprint density at radius 2 is 2.00 bits per heavy atom. The van der Waals surface area contributed by atoms with Gasteiger partial charge in [0.1, 0.15) is 5.60 Å². The molecule has 0 saturated heterocycles. The Morgan fingerprint density at radius 3 is 2.48 bits per heavy atom. The second-order valence-electron chi connectivity index (χ2n) is 5.94. The van der Waals surface area contributed by atoms with Crippen LogP contribution in [0.25, 0.3) is 0 Å². The molecule has 2 N–H and O–H groups in total. The van der Waals surface area contributed by atoms with Crippen LogP contribution >= 0.6 is 0 Å². The second kappa shape index (κ2) is 7.31. The van der Waals surface area contributed by atoms with E-state index >= 15 is 0 Å². The smallest absolute Gasteiger partial charge is 0.306 e. The lowest BCUT2D eigenvalue weighted by Crippen LogP contribution is -2.24. The molecule has 0 aliphatic rings. The number of phenolic OH excluding ortho intramolecular Hbond substituents is 1. The number of hydrogen-bond donors (Lipinski definition) is 2. The molecule has 0 unspecified atom stereocenters. The highest BCUT2D eigenvalue weighted by Crippen LogP contribution is 2.31. The number of aliphatic hydroxyl groups excluding tert-OH is 1. The van der Waals surface area contributed by atoms with Gasteiger partial charge in [-0.15, -0.1) is 0 Å². The van der Waals surface area contributed by atoms with Crippen LogP contribution in [0.4, 0.5) is 0 Å². The van der Waals surface area contributed by atoms with Gasteiger partial charge in [-0.1, -0.05) is 6.07 Å². The van der Waals surface area contributed by atoms with Gasteiger partial charge >= 0.3 is 5.97 Å². The Labute approximate surface area is 125 Å². The van der Waals surface area contributed by atoms with Crippen LogP contribution in [0, 0.1) is 0 Å². The summed E-state index contributed by atoms with van der Waals surface area (Å²) < 4.78 is 10.2. The zero-order chi connectivity index (χ0) is 16.0. The van der Waals surface area contributed by atoms with Crippen molar-refractivity contribution in [3.8, 4) is 11.5 Å². The molecule has 0 radical (unpaired) electrons. The number of phenols is 1. The van der Waals surface area contributed by atoms with Gasteiger partial charge in [0, 0.05) is 18.9 Å². The SMILES string of the molecule is COc1ccc([C@@H](CO)CCC(=O)OC(C)(C)C)cc1O. The molecule has 5 heteroatoms. The average Bonchev–Trinajstić information content (AvgIpc) is 2.37. The van der Waals surface area contributed by atoms with Gasteiger partial charge in [0.2, 0.25) is 0 Å². The van der Waals surface area contributed by atoms with Crippen LogP contribution in [0.5, 0.6) is 11.5 Å². The van der Waals surface area contributed by atoms with E-state index < -0.39 is 5.60 Å². The van der Waals surface area contributed by atoms with Crippen LogP contribution in [0.15, 0.2) is 18.2 Å². The third-order valence-electron chi connectivity index (χ3n) is 3.01. The van der Waals surface area contributed by atoms with Gasteiger partial charge in [-0.2, -0.15) is 0 Å². The number of carbonyl (C=O) groups excluding carboxylic acids is 1. The molecule has 1 atom stereocenters. The minimum atomic E-state index is -0.510. The number of rotatable bonds is 6. The summed E-state index contributed by atoms with van der Waals surface area (Å²) in [5.74, 6) is -0.124. The first-order valence-electron chi connectivity index (χ1n) is 6.96.